The molecule has 0 bridgehead atoms. The topological polar surface area (TPSA) is 97.7 Å². The van der Waals surface area contributed by atoms with Gasteiger partial charge in [0.2, 0.25) is 10.0 Å². The molecule has 2 heterocycles. The van der Waals surface area contributed by atoms with Crippen molar-refractivity contribution in [2.75, 3.05) is 19.6 Å². The average molecular weight is 369 g/mol. The first-order valence-electron chi connectivity index (χ1n) is 8.03. The third kappa shape index (κ3) is 4.29. The zero-order valence-corrected chi connectivity index (χ0v) is 15.2. The fourth-order valence-corrected chi connectivity index (χ4v) is 4.14. The van der Waals surface area contributed by atoms with Gasteiger partial charge >= 0.3 is 5.97 Å². The van der Waals surface area contributed by atoms with E-state index in [2.05, 4.69) is 11.9 Å². The van der Waals surface area contributed by atoms with Crippen molar-refractivity contribution in [2.24, 2.45) is 7.05 Å². The van der Waals surface area contributed by atoms with Crippen LogP contribution in [0.25, 0.3) is 0 Å². The van der Waals surface area contributed by atoms with Gasteiger partial charge in [-0.2, -0.15) is 4.31 Å². The van der Waals surface area contributed by atoms with E-state index >= 15 is 0 Å². The molecule has 1 fully saturated rings. The highest BCUT2D eigenvalue weighted by atomic mass is 32.2. The van der Waals surface area contributed by atoms with E-state index in [4.69, 9.17) is 4.74 Å². The van der Waals surface area contributed by atoms with E-state index in [1.54, 1.807) is 7.05 Å². The highest BCUT2D eigenvalue weighted by Crippen LogP contribution is 2.23. The maximum Gasteiger partial charge on any atom is 0.355 e. The third-order valence-corrected chi connectivity index (χ3v) is 5.83. The minimum absolute atomic E-state index is 0.0487. The molecule has 1 atom stereocenters. The SMILES string of the molecule is C=CCNC(=O)[C@@H](C)OC(=O)c1cc(S(=O)(=O)N2CCCC2)cn1C. The normalized spacial score (nSPS) is 16.4. The van der Waals surface area contributed by atoms with Gasteiger partial charge in [0, 0.05) is 32.9 Å². The summed E-state index contributed by atoms with van der Waals surface area (Å²) in [6, 6.07) is 1.28. The Labute approximate surface area is 147 Å². The summed E-state index contributed by atoms with van der Waals surface area (Å²) in [5.41, 5.74) is 0.0705. The molecule has 0 saturated carbocycles. The summed E-state index contributed by atoms with van der Waals surface area (Å²) in [5.74, 6) is -1.21. The van der Waals surface area contributed by atoms with Gasteiger partial charge in [0.25, 0.3) is 5.91 Å². The number of carbonyl (C=O) groups excluding carboxylic acids is 2. The van der Waals surface area contributed by atoms with Crippen molar-refractivity contribution in [3.63, 3.8) is 0 Å². The lowest BCUT2D eigenvalue weighted by Gasteiger charge is -2.13. The van der Waals surface area contributed by atoms with Crippen LogP contribution in [0.5, 0.6) is 0 Å². The molecule has 0 aliphatic carbocycles. The second kappa shape index (κ2) is 7.83. The molecule has 1 amide bonds. The predicted octanol–water partition coefficient (Wildman–Crippen LogP) is 0.657. The first kappa shape index (κ1) is 19.2. The first-order chi connectivity index (χ1) is 11.8. The van der Waals surface area contributed by atoms with Crippen molar-refractivity contribution >= 4 is 21.9 Å². The van der Waals surface area contributed by atoms with E-state index in [0.29, 0.717) is 13.1 Å². The van der Waals surface area contributed by atoms with Crippen molar-refractivity contribution in [2.45, 2.75) is 30.8 Å². The van der Waals surface area contributed by atoms with Crippen molar-refractivity contribution in [3.8, 4) is 0 Å². The predicted molar refractivity (Wildman–Crippen MR) is 91.5 cm³/mol. The highest BCUT2D eigenvalue weighted by Gasteiger charge is 2.30. The maximum atomic E-state index is 12.6. The van der Waals surface area contributed by atoms with Gasteiger partial charge < -0.3 is 14.6 Å². The molecule has 0 unspecified atom stereocenters. The van der Waals surface area contributed by atoms with Crippen LogP contribution in [0.4, 0.5) is 0 Å². The Morgan fingerprint density at radius 2 is 2.04 bits per heavy atom. The minimum Gasteiger partial charge on any atom is -0.448 e. The number of carbonyl (C=O) groups is 2. The van der Waals surface area contributed by atoms with Crippen LogP contribution >= 0.6 is 0 Å². The van der Waals surface area contributed by atoms with Crippen LogP contribution < -0.4 is 5.32 Å². The van der Waals surface area contributed by atoms with Crippen LogP contribution in [0.3, 0.4) is 0 Å². The van der Waals surface area contributed by atoms with Crippen LogP contribution in [0.15, 0.2) is 29.8 Å². The lowest BCUT2D eigenvalue weighted by atomic mass is 10.3. The van der Waals surface area contributed by atoms with Gasteiger partial charge in [-0.05, 0) is 25.8 Å². The van der Waals surface area contributed by atoms with Gasteiger partial charge in [0.05, 0.1) is 0 Å². The third-order valence-electron chi connectivity index (χ3n) is 3.97. The van der Waals surface area contributed by atoms with E-state index < -0.39 is 28.0 Å². The molecule has 25 heavy (non-hydrogen) atoms. The number of sulfonamides is 1. The number of rotatable bonds is 7. The Balaban J connectivity index is 2.12. The van der Waals surface area contributed by atoms with E-state index in [1.807, 2.05) is 0 Å². The first-order valence-corrected chi connectivity index (χ1v) is 9.47. The second-order valence-electron chi connectivity index (χ2n) is 5.86. The van der Waals surface area contributed by atoms with Crippen LogP contribution in [0, 0.1) is 0 Å². The fourth-order valence-electron chi connectivity index (χ4n) is 2.55. The summed E-state index contributed by atoms with van der Waals surface area (Å²) in [6.07, 6.45) is 3.56. The highest BCUT2D eigenvalue weighted by molar-refractivity contribution is 7.89. The summed E-state index contributed by atoms with van der Waals surface area (Å²) in [6.45, 7) is 6.16. The Morgan fingerprint density at radius 3 is 2.64 bits per heavy atom. The Kier molecular flexibility index (Phi) is 6.02. The molecule has 0 radical (unpaired) electrons. The number of aromatic nitrogens is 1. The van der Waals surface area contributed by atoms with Gasteiger partial charge in [-0.25, -0.2) is 13.2 Å². The molecule has 1 N–H and O–H groups in total. The quantitative estimate of drug-likeness (QED) is 0.562. The molecule has 1 aromatic rings. The smallest absolute Gasteiger partial charge is 0.355 e. The van der Waals surface area contributed by atoms with Crippen LogP contribution in [-0.2, 0) is 26.6 Å². The number of hydrogen-bond acceptors (Lipinski definition) is 5. The largest absolute Gasteiger partial charge is 0.448 e. The number of aryl methyl sites for hydroxylation is 1. The second-order valence-corrected chi connectivity index (χ2v) is 7.80. The lowest BCUT2D eigenvalue weighted by Crippen LogP contribution is -2.36. The number of esters is 1. The van der Waals surface area contributed by atoms with E-state index in [1.165, 1.54) is 34.1 Å². The molecule has 8 nitrogen and oxygen atoms in total. The van der Waals surface area contributed by atoms with Crippen molar-refractivity contribution in [1.82, 2.24) is 14.2 Å². The summed E-state index contributed by atoms with van der Waals surface area (Å²) in [4.78, 5) is 24.1. The van der Waals surface area contributed by atoms with Crippen molar-refractivity contribution in [3.05, 3.63) is 30.6 Å². The van der Waals surface area contributed by atoms with E-state index in [-0.39, 0.29) is 17.1 Å². The number of nitrogens with zero attached hydrogens (tertiary/aromatic N) is 2. The van der Waals surface area contributed by atoms with Gasteiger partial charge in [-0.1, -0.05) is 6.08 Å². The Bertz CT molecular complexity index is 763. The van der Waals surface area contributed by atoms with Gasteiger partial charge in [-0.15, -0.1) is 6.58 Å². The Hall–Kier alpha value is -2.13. The fraction of sp³-hybridized carbons (Fsp3) is 0.500. The van der Waals surface area contributed by atoms with Crippen LogP contribution in [0.1, 0.15) is 30.3 Å². The van der Waals surface area contributed by atoms with Crippen LogP contribution in [0.2, 0.25) is 0 Å². The van der Waals surface area contributed by atoms with Crippen molar-refractivity contribution < 1.29 is 22.7 Å². The Morgan fingerprint density at radius 1 is 1.40 bits per heavy atom. The van der Waals surface area contributed by atoms with Crippen LogP contribution in [-0.4, -0.2) is 54.9 Å². The molecule has 1 aromatic heterocycles. The molecule has 9 heteroatoms. The molecule has 2 rings (SSSR count). The number of hydrogen-bond donors (Lipinski definition) is 1. The molecular formula is C16H23N3O5S. The molecule has 0 spiro atoms. The lowest BCUT2D eigenvalue weighted by molar-refractivity contribution is -0.128. The van der Waals surface area contributed by atoms with Gasteiger partial charge in [0.1, 0.15) is 10.6 Å². The molecule has 0 aromatic carbocycles. The molecular weight excluding hydrogens is 346 g/mol. The molecule has 1 aliphatic heterocycles. The van der Waals surface area contributed by atoms with Gasteiger partial charge in [-0.3, -0.25) is 4.79 Å². The standard InChI is InChI=1S/C16H23N3O5S/c1-4-7-17-15(20)12(2)24-16(21)14-10-13(11-18(14)3)25(22,23)19-8-5-6-9-19/h4,10-12H,1,5-9H2,2-3H3,(H,17,20)/t12-/m1/s1. The zero-order valence-electron chi connectivity index (χ0n) is 14.4. The number of ether oxygens (including phenoxy) is 1. The average Bonchev–Trinajstić information content (AvgIpc) is 3.22. The molecule has 1 aliphatic rings. The monoisotopic (exact) mass is 369 g/mol. The van der Waals surface area contributed by atoms with Crippen molar-refractivity contribution in [1.29, 1.82) is 0 Å². The number of amides is 1. The summed E-state index contributed by atoms with van der Waals surface area (Å²) >= 11 is 0. The maximum absolute atomic E-state index is 12.6. The minimum atomic E-state index is -3.62. The molecule has 1 saturated heterocycles. The van der Waals surface area contributed by atoms with E-state index in [9.17, 15) is 18.0 Å². The zero-order chi connectivity index (χ0) is 18.6. The van der Waals surface area contributed by atoms with E-state index in [0.717, 1.165) is 12.8 Å². The number of nitrogens with one attached hydrogen (secondary N) is 1. The summed E-state index contributed by atoms with van der Waals surface area (Å²) in [5, 5.41) is 2.53. The summed E-state index contributed by atoms with van der Waals surface area (Å²) in [7, 11) is -2.06. The van der Waals surface area contributed by atoms with Gasteiger partial charge in [0.15, 0.2) is 6.10 Å². The molecule has 138 valence electrons. The summed E-state index contributed by atoms with van der Waals surface area (Å²) < 4.78 is 33.0.